The van der Waals surface area contributed by atoms with Crippen molar-refractivity contribution in [1.82, 2.24) is 14.9 Å². The fourth-order valence-corrected chi connectivity index (χ4v) is 8.31. The zero-order valence-corrected chi connectivity index (χ0v) is 30.9. The van der Waals surface area contributed by atoms with Gasteiger partial charge < -0.3 is 9.88 Å². The Kier molecular flexibility index (Phi) is 7.81. The molecule has 0 amide bonds. The van der Waals surface area contributed by atoms with Gasteiger partial charge in [0, 0.05) is 38.5 Å². The maximum atomic E-state index is 5.27. The quantitative estimate of drug-likeness (QED) is 0.173. The van der Waals surface area contributed by atoms with Crippen LogP contribution in [0, 0.1) is 0 Å². The Labute approximate surface area is 330 Å². The third-order valence-corrected chi connectivity index (χ3v) is 11.0. The number of fused-ring (bicyclic) bond motifs is 6. The minimum absolute atomic E-state index is 0.350. The Hall–Kier alpha value is -7.63. The smallest absolute Gasteiger partial charge is 0.159 e. The van der Waals surface area contributed by atoms with Gasteiger partial charge in [0.1, 0.15) is 12.0 Å². The topological polar surface area (TPSA) is 54.6 Å². The predicted molar refractivity (Wildman–Crippen MR) is 236 cm³/mol. The van der Waals surface area contributed by atoms with Crippen molar-refractivity contribution in [3.8, 4) is 28.1 Å². The van der Waals surface area contributed by atoms with E-state index in [1.165, 1.54) is 21.8 Å². The summed E-state index contributed by atoms with van der Waals surface area (Å²) in [5.41, 5.74) is 11.8. The summed E-state index contributed by atoms with van der Waals surface area (Å²) in [4.78, 5) is 15.6. The summed E-state index contributed by atoms with van der Waals surface area (Å²) in [6.45, 7) is 0. The lowest BCUT2D eigenvalue weighted by molar-refractivity contribution is 0.675. The van der Waals surface area contributed by atoms with Gasteiger partial charge in [-0.1, -0.05) is 146 Å². The third-order valence-electron chi connectivity index (χ3n) is 11.0. The highest BCUT2D eigenvalue weighted by Gasteiger charge is 2.22. The molecule has 5 nitrogen and oxygen atoms in total. The molecule has 0 radical (unpaired) electrons. The van der Waals surface area contributed by atoms with Crippen LogP contribution >= 0.6 is 0 Å². The number of nitrogens with one attached hydrogen (secondary N) is 1. The van der Waals surface area contributed by atoms with Crippen molar-refractivity contribution < 1.29 is 0 Å². The molecule has 0 spiro atoms. The molecule has 8 aromatic carbocycles. The molecule has 1 unspecified atom stereocenters. The standard InChI is InChI=1S/C52H35N5/c1-4-14-34(15-5-1)44-33-46(35-16-6-2-7-17-35)53-45-31-27-38-32-39(26-30-41(38)49(44)45)52-55-50(36-18-8-3-9-19-36)54-51(56-52)37-24-28-40(29-25-37)57-47-22-12-10-20-42(47)43-21-11-13-23-48(43)57/h1-33,52H,(H,54,55,56). The number of aromatic nitrogens is 2. The van der Waals surface area contributed by atoms with Crippen molar-refractivity contribution in [2.45, 2.75) is 6.17 Å². The number of rotatable bonds is 6. The molecule has 268 valence electrons. The summed E-state index contributed by atoms with van der Waals surface area (Å²) in [7, 11) is 0. The Morgan fingerprint density at radius 1 is 0.474 bits per heavy atom. The highest BCUT2D eigenvalue weighted by Crippen LogP contribution is 2.38. The molecule has 11 rings (SSSR count). The van der Waals surface area contributed by atoms with Crippen molar-refractivity contribution >= 4 is 55.2 Å². The predicted octanol–water partition coefficient (Wildman–Crippen LogP) is 12.3. The Bertz CT molecular complexity index is 3130. The molecule has 10 aromatic rings. The average Bonchev–Trinajstić information content (AvgIpc) is 3.63. The van der Waals surface area contributed by atoms with Gasteiger partial charge in [0.05, 0.1) is 22.2 Å². The van der Waals surface area contributed by atoms with Crippen molar-refractivity contribution in [3.05, 3.63) is 217 Å². The lowest BCUT2D eigenvalue weighted by Crippen LogP contribution is -2.33. The second-order valence-electron chi connectivity index (χ2n) is 14.5. The first kappa shape index (κ1) is 32.8. The molecule has 0 fully saturated rings. The highest BCUT2D eigenvalue weighted by atomic mass is 15.2. The van der Waals surface area contributed by atoms with E-state index < -0.39 is 0 Å². The van der Waals surface area contributed by atoms with Crippen LogP contribution in [-0.4, -0.2) is 21.2 Å². The Morgan fingerprint density at radius 3 is 1.77 bits per heavy atom. The first-order chi connectivity index (χ1) is 28.2. The number of aliphatic imine (C=N–C) groups is 2. The van der Waals surface area contributed by atoms with Crippen molar-refractivity contribution in [3.63, 3.8) is 0 Å². The normalized spacial score (nSPS) is 14.1. The molecule has 57 heavy (non-hydrogen) atoms. The van der Waals surface area contributed by atoms with Crippen LogP contribution < -0.4 is 5.32 Å². The second kappa shape index (κ2) is 13.6. The Morgan fingerprint density at radius 2 is 1.09 bits per heavy atom. The first-order valence-electron chi connectivity index (χ1n) is 19.3. The molecule has 0 saturated heterocycles. The summed E-state index contributed by atoms with van der Waals surface area (Å²) >= 11 is 0. The van der Waals surface area contributed by atoms with E-state index in [4.69, 9.17) is 15.0 Å². The van der Waals surface area contributed by atoms with E-state index in [0.717, 1.165) is 72.3 Å². The van der Waals surface area contributed by atoms with Gasteiger partial charge in [-0.3, -0.25) is 0 Å². The zero-order chi connectivity index (χ0) is 37.7. The first-order valence-corrected chi connectivity index (χ1v) is 19.3. The molecule has 1 atom stereocenters. The fourth-order valence-electron chi connectivity index (χ4n) is 8.31. The molecule has 0 bridgehead atoms. The van der Waals surface area contributed by atoms with Gasteiger partial charge in [-0.2, -0.15) is 0 Å². The molecule has 1 aliphatic rings. The lowest BCUT2D eigenvalue weighted by atomic mass is 9.93. The van der Waals surface area contributed by atoms with Crippen LogP contribution in [0.3, 0.4) is 0 Å². The van der Waals surface area contributed by atoms with E-state index in [2.05, 4.69) is 186 Å². The zero-order valence-electron chi connectivity index (χ0n) is 30.9. The van der Waals surface area contributed by atoms with E-state index in [-0.39, 0.29) is 6.17 Å². The van der Waals surface area contributed by atoms with Crippen molar-refractivity contribution in [2.24, 2.45) is 9.98 Å². The van der Waals surface area contributed by atoms with Gasteiger partial charge in [0.2, 0.25) is 0 Å². The van der Waals surface area contributed by atoms with Crippen LogP contribution in [0.1, 0.15) is 22.9 Å². The largest absolute Gasteiger partial charge is 0.344 e. The number of amidine groups is 2. The van der Waals surface area contributed by atoms with Gasteiger partial charge in [0.25, 0.3) is 0 Å². The number of nitrogens with zero attached hydrogens (tertiary/aromatic N) is 4. The molecular formula is C52H35N5. The molecule has 0 aliphatic carbocycles. The fraction of sp³-hybridized carbons (Fsp3) is 0.0192. The van der Waals surface area contributed by atoms with Crippen molar-refractivity contribution in [2.75, 3.05) is 0 Å². The monoisotopic (exact) mass is 729 g/mol. The van der Waals surface area contributed by atoms with Crippen LogP contribution in [0.5, 0.6) is 0 Å². The van der Waals surface area contributed by atoms with E-state index in [1.807, 2.05) is 24.3 Å². The average molecular weight is 730 g/mol. The number of hydrogen-bond donors (Lipinski definition) is 1. The lowest BCUT2D eigenvalue weighted by Gasteiger charge is -2.24. The number of benzene rings is 8. The SMILES string of the molecule is c1ccc(C2=NC(c3ccc(-n4c5ccccc5c5ccccc54)cc3)=NC(c3ccc4c(ccc5nc(-c6ccccc6)cc(-c6ccccc6)c54)c3)N2)cc1. The summed E-state index contributed by atoms with van der Waals surface area (Å²) in [6, 6.07) is 70.4. The van der Waals surface area contributed by atoms with Crippen LogP contribution in [-0.2, 0) is 0 Å². The molecule has 3 heterocycles. The van der Waals surface area contributed by atoms with Crippen LogP contribution in [0.25, 0.3) is 71.6 Å². The van der Waals surface area contributed by atoms with Crippen molar-refractivity contribution in [1.29, 1.82) is 0 Å². The summed E-state index contributed by atoms with van der Waals surface area (Å²) in [5, 5.41) is 9.58. The van der Waals surface area contributed by atoms with Gasteiger partial charge in [0.15, 0.2) is 5.84 Å². The van der Waals surface area contributed by atoms with E-state index in [1.54, 1.807) is 0 Å². The number of para-hydroxylation sites is 2. The molecule has 1 aliphatic heterocycles. The van der Waals surface area contributed by atoms with Gasteiger partial charge in [-0.25, -0.2) is 15.0 Å². The molecular weight excluding hydrogens is 695 g/mol. The van der Waals surface area contributed by atoms with Gasteiger partial charge in [-0.15, -0.1) is 0 Å². The van der Waals surface area contributed by atoms with Crippen LogP contribution in [0.2, 0.25) is 0 Å². The highest BCUT2D eigenvalue weighted by molar-refractivity contribution is 6.15. The molecule has 0 saturated carbocycles. The minimum atomic E-state index is -0.350. The summed E-state index contributed by atoms with van der Waals surface area (Å²) in [5.74, 6) is 1.48. The molecule has 5 heteroatoms. The maximum absolute atomic E-state index is 5.27. The molecule has 1 N–H and O–H groups in total. The van der Waals surface area contributed by atoms with E-state index in [9.17, 15) is 0 Å². The van der Waals surface area contributed by atoms with Gasteiger partial charge >= 0.3 is 0 Å². The van der Waals surface area contributed by atoms with E-state index >= 15 is 0 Å². The Balaban J connectivity index is 1.01. The van der Waals surface area contributed by atoms with Crippen LogP contribution in [0.15, 0.2) is 210 Å². The summed E-state index contributed by atoms with van der Waals surface area (Å²) < 4.78 is 2.33. The number of pyridine rings is 1. The maximum Gasteiger partial charge on any atom is 0.159 e. The van der Waals surface area contributed by atoms with Crippen LogP contribution in [0.4, 0.5) is 0 Å². The summed E-state index contributed by atoms with van der Waals surface area (Å²) in [6.07, 6.45) is -0.350. The minimum Gasteiger partial charge on any atom is -0.344 e. The third kappa shape index (κ3) is 5.76. The van der Waals surface area contributed by atoms with E-state index in [0.29, 0.717) is 5.84 Å². The number of hydrogen-bond acceptors (Lipinski definition) is 4. The molecule has 2 aromatic heterocycles. The van der Waals surface area contributed by atoms with Gasteiger partial charge in [-0.05, 0) is 82.1 Å². The second-order valence-corrected chi connectivity index (χ2v) is 14.5.